The third-order valence-corrected chi connectivity index (χ3v) is 5.44. The van der Waals surface area contributed by atoms with Crippen molar-refractivity contribution in [1.82, 2.24) is 4.57 Å². The first-order valence-corrected chi connectivity index (χ1v) is 8.23. The van der Waals surface area contributed by atoms with E-state index < -0.39 is 0 Å². The molecule has 0 bridgehead atoms. The molecule has 0 saturated heterocycles. The summed E-state index contributed by atoms with van der Waals surface area (Å²) in [4.78, 5) is 0. The summed E-state index contributed by atoms with van der Waals surface area (Å²) in [5.41, 5.74) is 8.17. The van der Waals surface area contributed by atoms with Crippen molar-refractivity contribution in [2.45, 2.75) is 26.2 Å². The van der Waals surface area contributed by atoms with E-state index in [0.29, 0.717) is 0 Å². The van der Waals surface area contributed by atoms with Gasteiger partial charge in [-0.1, -0.05) is 62.4 Å². The molecule has 0 N–H and O–H groups in total. The molecule has 0 amide bonds. The Hall–Kier alpha value is -2.54. The highest BCUT2D eigenvalue weighted by Crippen LogP contribution is 2.47. The molecule has 0 radical (unpaired) electrons. The van der Waals surface area contributed by atoms with E-state index in [2.05, 4.69) is 86.0 Å². The van der Waals surface area contributed by atoms with Gasteiger partial charge in [-0.2, -0.15) is 0 Å². The third-order valence-electron chi connectivity index (χ3n) is 5.44. The molecule has 0 saturated carbocycles. The molecular weight excluding hydrogens is 278 g/mol. The first kappa shape index (κ1) is 13.0. The van der Waals surface area contributed by atoms with Crippen LogP contribution in [0.3, 0.4) is 0 Å². The molecule has 2 heterocycles. The first-order valence-electron chi connectivity index (χ1n) is 8.23. The van der Waals surface area contributed by atoms with Crippen LogP contribution in [0.4, 0.5) is 0 Å². The minimum absolute atomic E-state index is 0.0208. The van der Waals surface area contributed by atoms with E-state index in [1.165, 1.54) is 44.2 Å². The summed E-state index contributed by atoms with van der Waals surface area (Å²) in [5, 5.41) is 2.70. The van der Waals surface area contributed by atoms with Gasteiger partial charge in [0.05, 0.1) is 16.7 Å². The molecule has 0 spiro atoms. The minimum Gasteiger partial charge on any atom is -0.309 e. The first-order chi connectivity index (χ1) is 11.1. The molecule has 3 aromatic carbocycles. The predicted molar refractivity (Wildman–Crippen MR) is 97.6 cm³/mol. The lowest BCUT2D eigenvalue weighted by Crippen LogP contribution is -2.26. The third kappa shape index (κ3) is 1.47. The van der Waals surface area contributed by atoms with Crippen LogP contribution in [0, 0.1) is 6.92 Å². The number of rotatable bonds is 0. The standard InChI is InChI=1S/C22H19N/c1-14-11-12-17-20(13-14)23-19-10-5-4-7-15(19)16-8-6-9-18(21(16)23)22(17,2)3/h4-13H,1-3H3. The Kier molecular flexibility index (Phi) is 2.28. The average molecular weight is 297 g/mol. The summed E-state index contributed by atoms with van der Waals surface area (Å²) < 4.78 is 2.47. The van der Waals surface area contributed by atoms with Gasteiger partial charge >= 0.3 is 0 Å². The molecule has 4 aromatic rings. The van der Waals surface area contributed by atoms with Gasteiger partial charge in [-0.05, 0) is 35.7 Å². The van der Waals surface area contributed by atoms with Crippen LogP contribution in [0.5, 0.6) is 0 Å². The van der Waals surface area contributed by atoms with Crippen molar-refractivity contribution in [3.63, 3.8) is 0 Å². The van der Waals surface area contributed by atoms with Crippen LogP contribution in [0.15, 0.2) is 60.7 Å². The summed E-state index contributed by atoms with van der Waals surface area (Å²) in [6.07, 6.45) is 0. The zero-order valence-corrected chi connectivity index (χ0v) is 13.7. The Morgan fingerprint density at radius 3 is 2.43 bits per heavy atom. The molecule has 1 heteroatoms. The largest absolute Gasteiger partial charge is 0.309 e. The molecule has 0 atom stereocenters. The lowest BCUT2D eigenvalue weighted by Gasteiger charge is -2.34. The number of nitrogens with zero attached hydrogens (tertiary/aromatic N) is 1. The van der Waals surface area contributed by atoms with Gasteiger partial charge in [0.25, 0.3) is 0 Å². The number of aryl methyl sites for hydroxylation is 1. The summed E-state index contributed by atoms with van der Waals surface area (Å²) in [6, 6.07) is 22.4. The van der Waals surface area contributed by atoms with Crippen LogP contribution in [0.25, 0.3) is 27.5 Å². The van der Waals surface area contributed by atoms with Gasteiger partial charge in [-0.25, -0.2) is 0 Å². The average Bonchev–Trinajstić information content (AvgIpc) is 2.88. The zero-order chi connectivity index (χ0) is 15.8. The molecule has 5 rings (SSSR count). The highest BCUT2D eigenvalue weighted by atomic mass is 15.0. The van der Waals surface area contributed by atoms with E-state index in [9.17, 15) is 0 Å². The summed E-state index contributed by atoms with van der Waals surface area (Å²) >= 11 is 0. The highest BCUT2D eigenvalue weighted by molar-refractivity contribution is 6.11. The molecule has 1 aromatic heterocycles. The fourth-order valence-electron chi connectivity index (χ4n) is 4.27. The van der Waals surface area contributed by atoms with Gasteiger partial charge in [-0.3, -0.25) is 0 Å². The number of para-hydroxylation sites is 2. The van der Waals surface area contributed by atoms with Gasteiger partial charge in [0.1, 0.15) is 0 Å². The summed E-state index contributed by atoms with van der Waals surface area (Å²) in [5.74, 6) is 0. The molecule has 0 aliphatic carbocycles. The Labute approximate surface area is 136 Å². The van der Waals surface area contributed by atoms with Crippen LogP contribution >= 0.6 is 0 Å². The zero-order valence-electron chi connectivity index (χ0n) is 13.7. The highest BCUT2D eigenvalue weighted by Gasteiger charge is 2.34. The fourth-order valence-corrected chi connectivity index (χ4v) is 4.27. The molecule has 0 unspecified atom stereocenters. The van der Waals surface area contributed by atoms with Gasteiger partial charge < -0.3 is 4.57 Å². The van der Waals surface area contributed by atoms with E-state index in [1.807, 2.05) is 0 Å². The minimum atomic E-state index is 0.0208. The van der Waals surface area contributed by atoms with Crippen molar-refractivity contribution in [2.75, 3.05) is 0 Å². The number of hydrogen-bond acceptors (Lipinski definition) is 0. The molecule has 1 aliphatic heterocycles. The topological polar surface area (TPSA) is 4.93 Å². The lowest BCUT2D eigenvalue weighted by molar-refractivity contribution is 0.630. The van der Waals surface area contributed by atoms with Crippen LogP contribution in [0.2, 0.25) is 0 Å². The predicted octanol–water partition coefficient (Wildman–Crippen LogP) is 5.73. The van der Waals surface area contributed by atoms with Gasteiger partial charge in [0.15, 0.2) is 0 Å². The Morgan fingerprint density at radius 1 is 0.783 bits per heavy atom. The quantitative estimate of drug-likeness (QED) is 0.390. The maximum atomic E-state index is 2.47. The smallest absolute Gasteiger partial charge is 0.0582 e. The fraction of sp³-hybridized carbons (Fsp3) is 0.182. The Balaban J connectivity index is 2.13. The van der Waals surface area contributed by atoms with Crippen molar-refractivity contribution in [2.24, 2.45) is 0 Å². The van der Waals surface area contributed by atoms with Crippen LogP contribution in [-0.4, -0.2) is 4.57 Å². The van der Waals surface area contributed by atoms with Crippen LogP contribution in [-0.2, 0) is 5.41 Å². The Bertz CT molecular complexity index is 1100. The van der Waals surface area contributed by atoms with Crippen molar-refractivity contribution < 1.29 is 0 Å². The van der Waals surface area contributed by atoms with Crippen molar-refractivity contribution >= 4 is 21.8 Å². The number of hydrogen-bond donors (Lipinski definition) is 0. The van der Waals surface area contributed by atoms with E-state index in [-0.39, 0.29) is 5.41 Å². The number of benzene rings is 3. The normalized spacial score (nSPS) is 15.1. The summed E-state index contributed by atoms with van der Waals surface area (Å²) in [7, 11) is 0. The molecule has 0 fully saturated rings. The second-order valence-electron chi connectivity index (χ2n) is 7.20. The number of aromatic nitrogens is 1. The maximum Gasteiger partial charge on any atom is 0.0582 e. The van der Waals surface area contributed by atoms with Gasteiger partial charge in [-0.15, -0.1) is 0 Å². The monoisotopic (exact) mass is 297 g/mol. The van der Waals surface area contributed by atoms with Gasteiger partial charge in [0.2, 0.25) is 0 Å². The second kappa shape index (κ2) is 4.05. The van der Waals surface area contributed by atoms with E-state index in [0.717, 1.165) is 0 Å². The molecule has 1 nitrogen and oxygen atoms in total. The number of fused-ring (bicyclic) bond motifs is 5. The van der Waals surface area contributed by atoms with Crippen molar-refractivity contribution in [3.8, 4) is 5.69 Å². The van der Waals surface area contributed by atoms with Gasteiger partial charge in [0, 0.05) is 16.2 Å². The lowest BCUT2D eigenvalue weighted by atomic mass is 9.74. The van der Waals surface area contributed by atoms with Crippen molar-refractivity contribution in [3.05, 3.63) is 77.4 Å². The maximum absolute atomic E-state index is 2.47. The molecular formula is C22H19N. The van der Waals surface area contributed by atoms with E-state index in [4.69, 9.17) is 0 Å². The Morgan fingerprint density at radius 2 is 1.57 bits per heavy atom. The summed E-state index contributed by atoms with van der Waals surface area (Å²) in [6.45, 7) is 6.87. The molecule has 1 aliphatic rings. The SMILES string of the molecule is Cc1ccc2c(c1)-n1c3ccccc3c3cccc(c31)C2(C)C. The molecule has 23 heavy (non-hydrogen) atoms. The van der Waals surface area contributed by atoms with Crippen molar-refractivity contribution in [1.29, 1.82) is 0 Å². The van der Waals surface area contributed by atoms with Crippen LogP contribution < -0.4 is 0 Å². The van der Waals surface area contributed by atoms with Crippen LogP contribution in [0.1, 0.15) is 30.5 Å². The molecule has 112 valence electrons. The second-order valence-corrected chi connectivity index (χ2v) is 7.20. The van der Waals surface area contributed by atoms with E-state index >= 15 is 0 Å². The van der Waals surface area contributed by atoms with E-state index in [1.54, 1.807) is 0 Å².